The predicted octanol–water partition coefficient (Wildman–Crippen LogP) is 2.33. The maximum Gasteiger partial charge on any atom is 0.323 e. The molecule has 0 saturated carbocycles. The Bertz CT molecular complexity index is 242. The normalized spacial score (nSPS) is 16.6. The van der Waals surface area contributed by atoms with Gasteiger partial charge in [-0.1, -0.05) is 27.2 Å². The first kappa shape index (κ1) is 17.4. The van der Waals surface area contributed by atoms with E-state index in [9.17, 15) is 4.79 Å². The summed E-state index contributed by atoms with van der Waals surface area (Å²) in [6.07, 6.45) is 3.64. The molecule has 0 amide bonds. The van der Waals surface area contributed by atoms with Gasteiger partial charge in [0.1, 0.15) is 5.54 Å². The van der Waals surface area contributed by atoms with Gasteiger partial charge in [0.25, 0.3) is 0 Å². The molecule has 0 spiro atoms. The number of carboxylic acids is 1. The summed E-state index contributed by atoms with van der Waals surface area (Å²) in [5.74, 6) is -0.182. The Balaban J connectivity index is 3.84. The zero-order chi connectivity index (χ0) is 14.2. The zero-order valence-electron chi connectivity index (χ0n) is 12.4. The Labute approximate surface area is 112 Å². The van der Waals surface area contributed by atoms with Crippen molar-refractivity contribution in [2.24, 2.45) is 11.7 Å². The van der Waals surface area contributed by atoms with E-state index in [0.717, 1.165) is 38.4 Å². The Hall–Kier alpha value is -0.610. The van der Waals surface area contributed by atoms with Gasteiger partial charge in [0.15, 0.2) is 0 Å². The van der Waals surface area contributed by atoms with Gasteiger partial charge in [0.2, 0.25) is 0 Å². The molecule has 18 heavy (non-hydrogen) atoms. The largest absolute Gasteiger partial charge is 0.480 e. The van der Waals surface area contributed by atoms with Crippen LogP contribution in [-0.2, 0) is 4.79 Å². The number of nitrogens with two attached hydrogens (primary N) is 1. The number of unbranched alkanes of at least 4 members (excludes halogenated alkanes) is 1. The molecule has 3 N–H and O–H groups in total. The van der Waals surface area contributed by atoms with Crippen LogP contribution in [0, 0.1) is 5.92 Å². The Morgan fingerprint density at radius 3 is 2.44 bits per heavy atom. The van der Waals surface area contributed by atoms with Crippen LogP contribution < -0.4 is 5.73 Å². The minimum Gasteiger partial charge on any atom is -0.480 e. The highest BCUT2D eigenvalue weighted by Gasteiger charge is 2.26. The van der Waals surface area contributed by atoms with Crippen molar-refractivity contribution in [2.45, 2.75) is 58.9 Å². The summed E-state index contributed by atoms with van der Waals surface area (Å²) in [5.41, 5.74) is 4.62. The van der Waals surface area contributed by atoms with Crippen LogP contribution in [0.3, 0.4) is 0 Å². The van der Waals surface area contributed by atoms with Gasteiger partial charge in [-0.3, -0.25) is 4.79 Å². The highest BCUT2D eigenvalue weighted by molar-refractivity contribution is 5.77. The van der Waals surface area contributed by atoms with Gasteiger partial charge in [-0.15, -0.1) is 0 Å². The van der Waals surface area contributed by atoms with E-state index in [4.69, 9.17) is 10.8 Å². The SMILES string of the molecule is CCC(C)CN(CC)CCCCC(C)(N)C(=O)O. The molecule has 0 aromatic rings. The molecule has 0 heterocycles. The molecular weight excluding hydrogens is 228 g/mol. The third kappa shape index (κ3) is 6.97. The standard InChI is InChI=1S/C14H30N2O2/c1-5-12(3)11-16(6-2)10-8-7-9-14(4,15)13(17)18/h12H,5-11,15H2,1-4H3,(H,17,18). The van der Waals surface area contributed by atoms with Gasteiger partial charge in [-0.25, -0.2) is 0 Å². The van der Waals surface area contributed by atoms with Gasteiger partial charge in [0.05, 0.1) is 0 Å². The van der Waals surface area contributed by atoms with Crippen molar-refractivity contribution < 1.29 is 9.90 Å². The lowest BCUT2D eigenvalue weighted by Crippen LogP contribution is -2.44. The van der Waals surface area contributed by atoms with Crippen LogP contribution in [-0.4, -0.2) is 41.1 Å². The van der Waals surface area contributed by atoms with E-state index in [1.165, 1.54) is 6.42 Å². The average Bonchev–Trinajstić information content (AvgIpc) is 2.32. The first-order chi connectivity index (χ1) is 8.33. The van der Waals surface area contributed by atoms with Crippen molar-refractivity contribution in [3.63, 3.8) is 0 Å². The molecule has 0 radical (unpaired) electrons. The third-order valence-electron chi connectivity index (χ3n) is 3.62. The zero-order valence-corrected chi connectivity index (χ0v) is 12.4. The van der Waals surface area contributed by atoms with E-state index < -0.39 is 11.5 Å². The molecule has 0 aromatic carbocycles. The molecule has 0 fully saturated rings. The molecule has 0 aliphatic rings. The second-order valence-corrected chi connectivity index (χ2v) is 5.59. The maximum atomic E-state index is 10.9. The maximum absolute atomic E-state index is 10.9. The van der Waals surface area contributed by atoms with Gasteiger partial charge in [-0.05, 0) is 45.2 Å². The smallest absolute Gasteiger partial charge is 0.323 e. The summed E-state index contributed by atoms with van der Waals surface area (Å²) < 4.78 is 0. The van der Waals surface area contributed by atoms with Gasteiger partial charge >= 0.3 is 5.97 Å². The number of aliphatic carboxylic acids is 1. The quantitative estimate of drug-likeness (QED) is 0.590. The topological polar surface area (TPSA) is 66.6 Å². The number of nitrogens with zero attached hydrogens (tertiary/aromatic N) is 1. The fraction of sp³-hybridized carbons (Fsp3) is 0.929. The van der Waals surface area contributed by atoms with Crippen LogP contribution in [0.1, 0.15) is 53.4 Å². The highest BCUT2D eigenvalue weighted by Crippen LogP contribution is 2.12. The van der Waals surface area contributed by atoms with Crippen LogP contribution in [0.25, 0.3) is 0 Å². The Morgan fingerprint density at radius 2 is 2.00 bits per heavy atom. The van der Waals surface area contributed by atoms with Crippen LogP contribution in [0.15, 0.2) is 0 Å². The fourth-order valence-electron chi connectivity index (χ4n) is 1.88. The molecule has 108 valence electrons. The predicted molar refractivity (Wildman–Crippen MR) is 75.6 cm³/mol. The summed E-state index contributed by atoms with van der Waals surface area (Å²) in [4.78, 5) is 13.3. The summed E-state index contributed by atoms with van der Waals surface area (Å²) >= 11 is 0. The molecule has 2 unspecified atom stereocenters. The number of hydrogen-bond acceptors (Lipinski definition) is 3. The van der Waals surface area contributed by atoms with E-state index in [-0.39, 0.29) is 0 Å². The summed E-state index contributed by atoms with van der Waals surface area (Å²) in [5, 5.41) is 8.91. The number of hydrogen-bond donors (Lipinski definition) is 2. The van der Waals surface area contributed by atoms with E-state index in [1.54, 1.807) is 6.92 Å². The van der Waals surface area contributed by atoms with E-state index in [0.29, 0.717) is 6.42 Å². The monoisotopic (exact) mass is 258 g/mol. The van der Waals surface area contributed by atoms with Crippen molar-refractivity contribution in [2.75, 3.05) is 19.6 Å². The Kier molecular flexibility index (Phi) is 8.20. The van der Waals surface area contributed by atoms with Gasteiger partial charge in [-0.2, -0.15) is 0 Å². The summed E-state index contributed by atoms with van der Waals surface area (Å²) in [6, 6.07) is 0. The molecular formula is C14H30N2O2. The van der Waals surface area contributed by atoms with Crippen LogP contribution in [0.4, 0.5) is 0 Å². The van der Waals surface area contributed by atoms with E-state index in [1.807, 2.05) is 0 Å². The van der Waals surface area contributed by atoms with Crippen molar-refractivity contribution >= 4 is 5.97 Å². The first-order valence-corrected chi connectivity index (χ1v) is 7.08. The second-order valence-electron chi connectivity index (χ2n) is 5.59. The minimum atomic E-state index is -1.08. The van der Waals surface area contributed by atoms with Crippen molar-refractivity contribution in [3.05, 3.63) is 0 Å². The lowest BCUT2D eigenvalue weighted by molar-refractivity contribution is -0.142. The van der Waals surface area contributed by atoms with E-state index in [2.05, 4.69) is 25.7 Å². The van der Waals surface area contributed by atoms with Crippen LogP contribution in [0.2, 0.25) is 0 Å². The van der Waals surface area contributed by atoms with E-state index >= 15 is 0 Å². The van der Waals surface area contributed by atoms with Crippen LogP contribution >= 0.6 is 0 Å². The van der Waals surface area contributed by atoms with Crippen molar-refractivity contribution in [3.8, 4) is 0 Å². The first-order valence-electron chi connectivity index (χ1n) is 7.08. The van der Waals surface area contributed by atoms with Crippen LogP contribution in [0.5, 0.6) is 0 Å². The van der Waals surface area contributed by atoms with Gasteiger partial charge < -0.3 is 15.7 Å². The second kappa shape index (κ2) is 8.48. The molecule has 4 nitrogen and oxygen atoms in total. The lowest BCUT2D eigenvalue weighted by atomic mass is 9.96. The van der Waals surface area contributed by atoms with Crippen molar-refractivity contribution in [1.29, 1.82) is 0 Å². The molecule has 0 bridgehead atoms. The number of carboxylic acid groups (broad SMARTS) is 1. The summed E-state index contributed by atoms with van der Waals surface area (Å²) in [6.45, 7) is 11.5. The lowest BCUT2D eigenvalue weighted by Gasteiger charge is -2.24. The Morgan fingerprint density at radius 1 is 1.39 bits per heavy atom. The third-order valence-corrected chi connectivity index (χ3v) is 3.62. The minimum absolute atomic E-state index is 0.545. The molecule has 0 rings (SSSR count). The molecule has 0 aliphatic carbocycles. The molecule has 0 aliphatic heterocycles. The average molecular weight is 258 g/mol. The fourth-order valence-corrected chi connectivity index (χ4v) is 1.88. The molecule has 2 atom stereocenters. The van der Waals surface area contributed by atoms with Crippen molar-refractivity contribution in [1.82, 2.24) is 4.90 Å². The molecule has 0 saturated heterocycles. The molecule has 4 heteroatoms. The summed E-state index contributed by atoms with van der Waals surface area (Å²) in [7, 11) is 0. The molecule has 0 aromatic heterocycles. The van der Waals surface area contributed by atoms with Gasteiger partial charge in [0, 0.05) is 6.54 Å². The number of rotatable bonds is 10. The number of carbonyl (C=O) groups is 1. The highest BCUT2D eigenvalue weighted by atomic mass is 16.4.